The summed E-state index contributed by atoms with van der Waals surface area (Å²) in [6.45, 7) is 3.69. The lowest BCUT2D eigenvalue weighted by Gasteiger charge is -2.34. The van der Waals surface area contributed by atoms with E-state index in [0.29, 0.717) is 60.3 Å². The molecule has 6 nitrogen and oxygen atoms in total. The second kappa shape index (κ2) is 11.8. The van der Waals surface area contributed by atoms with Crippen molar-refractivity contribution in [2.45, 2.75) is 11.8 Å². The molecule has 1 fully saturated rings. The number of hydrogen-bond acceptors (Lipinski definition) is 4. The SMILES string of the molecule is COc1cccc(-c2cc(C(=O)N3CCN(C(=O)CSc4ccccc4)CC3)c(C)n2-c2ccccc2F)c1. The molecular weight excluding hydrogens is 513 g/mol. The third-order valence-electron chi connectivity index (χ3n) is 6.96. The lowest BCUT2D eigenvalue weighted by Crippen LogP contribution is -2.51. The smallest absolute Gasteiger partial charge is 0.255 e. The number of benzene rings is 3. The van der Waals surface area contributed by atoms with E-state index in [-0.39, 0.29) is 17.6 Å². The molecular formula is C31H30FN3O3S. The molecule has 39 heavy (non-hydrogen) atoms. The molecule has 1 aromatic heterocycles. The third-order valence-corrected chi connectivity index (χ3v) is 7.96. The number of ether oxygens (including phenoxy) is 1. The van der Waals surface area contributed by atoms with Gasteiger partial charge in [0.1, 0.15) is 11.6 Å². The molecule has 1 saturated heterocycles. The van der Waals surface area contributed by atoms with Gasteiger partial charge < -0.3 is 19.1 Å². The van der Waals surface area contributed by atoms with Crippen LogP contribution in [-0.4, -0.2) is 65.2 Å². The number of thioether (sulfide) groups is 1. The normalized spacial score (nSPS) is 13.4. The maximum atomic E-state index is 15.0. The van der Waals surface area contributed by atoms with E-state index in [0.717, 1.165) is 10.5 Å². The number of piperazine rings is 1. The van der Waals surface area contributed by atoms with Gasteiger partial charge in [-0.3, -0.25) is 9.59 Å². The first-order valence-corrected chi connectivity index (χ1v) is 13.8. The van der Waals surface area contributed by atoms with Crippen molar-refractivity contribution in [3.63, 3.8) is 0 Å². The third kappa shape index (κ3) is 5.71. The number of para-hydroxylation sites is 1. The van der Waals surface area contributed by atoms with Crippen molar-refractivity contribution in [2.75, 3.05) is 39.0 Å². The van der Waals surface area contributed by atoms with E-state index in [2.05, 4.69) is 0 Å². The quantitative estimate of drug-likeness (QED) is 0.282. The number of methoxy groups -OCH3 is 1. The zero-order valence-electron chi connectivity index (χ0n) is 22.0. The minimum absolute atomic E-state index is 0.0677. The van der Waals surface area contributed by atoms with E-state index in [9.17, 15) is 14.0 Å². The minimum Gasteiger partial charge on any atom is -0.497 e. The first kappa shape index (κ1) is 26.6. The Bertz CT molecular complexity index is 1480. The molecule has 0 radical (unpaired) electrons. The van der Waals surface area contributed by atoms with Crippen molar-refractivity contribution in [3.8, 4) is 22.7 Å². The molecule has 0 unspecified atom stereocenters. The zero-order chi connectivity index (χ0) is 27.4. The van der Waals surface area contributed by atoms with Crippen LogP contribution in [0.2, 0.25) is 0 Å². The standard InChI is InChI=1S/C31H30FN3O3S/c1-22-26(31(37)34-17-15-33(16-18-34)30(36)21-39-25-11-4-3-5-12-25)20-29(23-9-8-10-24(19-23)38-2)35(22)28-14-7-6-13-27(28)32/h3-14,19-20H,15-18,21H2,1-2H3. The van der Waals surface area contributed by atoms with Crippen LogP contribution in [0.15, 0.2) is 89.8 Å². The summed E-state index contributed by atoms with van der Waals surface area (Å²) in [7, 11) is 1.60. The molecule has 2 heterocycles. The van der Waals surface area contributed by atoms with Crippen molar-refractivity contribution in [1.29, 1.82) is 0 Å². The van der Waals surface area contributed by atoms with Gasteiger partial charge in [0.15, 0.2) is 0 Å². The van der Waals surface area contributed by atoms with Gasteiger partial charge in [-0.2, -0.15) is 0 Å². The van der Waals surface area contributed by atoms with Gasteiger partial charge in [-0.05, 0) is 49.4 Å². The molecule has 0 aliphatic carbocycles. The first-order valence-electron chi connectivity index (χ1n) is 12.8. The van der Waals surface area contributed by atoms with E-state index >= 15 is 0 Å². The summed E-state index contributed by atoms with van der Waals surface area (Å²) in [5.74, 6) is 0.605. The maximum absolute atomic E-state index is 15.0. The van der Waals surface area contributed by atoms with E-state index in [1.807, 2.05) is 72.5 Å². The molecule has 0 bridgehead atoms. The van der Waals surface area contributed by atoms with Crippen LogP contribution in [0.1, 0.15) is 16.1 Å². The van der Waals surface area contributed by atoms with Crippen LogP contribution in [0.25, 0.3) is 16.9 Å². The Labute approximate surface area is 232 Å². The fourth-order valence-corrected chi connectivity index (χ4v) is 5.67. The predicted octanol–water partition coefficient (Wildman–Crippen LogP) is 5.68. The topological polar surface area (TPSA) is 54.8 Å². The number of rotatable bonds is 7. The number of carbonyl (C=O) groups excluding carboxylic acids is 2. The molecule has 4 aromatic rings. The van der Waals surface area contributed by atoms with Gasteiger partial charge in [0, 0.05) is 42.3 Å². The van der Waals surface area contributed by atoms with Crippen LogP contribution in [-0.2, 0) is 4.79 Å². The van der Waals surface area contributed by atoms with Gasteiger partial charge in [0.05, 0.1) is 29.8 Å². The summed E-state index contributed by atoms with van der Waals surface area (Å²) in [4.78, 5) is 31.2. The van der Waals surface area contributed by atoms with E-state index in [4.69, 9.17) is 4.74 Å². The van der Waals surface area contributed by atoms with Crippen molar-refractivity contribution >= 4 is 23.6 Å². The molecule has 1 aliphatic heterocycles. The number of amides is 2. The lowest BCUT2D eigenvalue weighted by molar-refractivity contribution is -0.129. The molecule has 200 valence electrons. The predicted molar refractivity (Wildman–Crippen MR) is 152 cm³/mol. The minimum atomic E-state index is -0.375. The Kier molecular flexibility index (Phi) is 8.02. The van der Waals surface area contributed by atoms with Crippen molar-refractivity contribution in [1.82, 2.24) is 14.4 Å². The highest BCUT2D eigenvalue weighted by Gasteiger charge is 2.28. The number of hydrogen-bond donors (Lipinski definition) is 0. The zero-order valence-corrected chi connectivity index (χ0v) is 22.8. The number of aromatic nitrogens is 1. The number of nitrogens with zero attached hydrogens (tertiary/aromatic N) is 3. The summed E-state index contributed by atoms with van der Waals surface area (Å²) in [5.41, 5.74) is 3.05. The van der Waals surface area contributed by atoms with Crippen molar-refractivity contribution < 1.29 is 18.7 Å². The summed E-state index contributed by atoms with van der Waals surface area (Å²) >= 11 is 1.52. The van der Waals surface area contributed by atoms with Crippen LogP contribution >= 0.6 is 11.8 Å². The van der Waals surface area contributed by atoms with Gasteiger partial charge in [-0.25, -0.2) is 4.39 Å². The lowest BCUT2D eigenvalue weighted by atomic mass is 10.1. The Balaban J connectivity index is 1.36. The highest BCUT2D eigenvalue weighted by molar-refractivity contribution is 8.00. The molecule has 1 aliphatic rings. The molecule has 0 atom stereocenters. The summed E-state index contributed by atoms with van der Waals surface area (Å²) in [6.07, 6.45) is 0. The van der Waals surface area contributed by atoms with Crippen LogP contribution in [0.5, 0.6) is 5.75 Å². The van der Waals surface area contributed by atoms with E-state index in [1.165, 1.54) is 17.8 Å². The Morgan fingerprint density at radius 3 is 2.28 bits per heavy atom. The van der Waals surface area contributed by atoms with E-state index < -0.39 is 0 Å². The average Bonchev–Trinajstić information content (AvgIpc) is 3.33. The highest BCUT2D eigenvalue weighted by atomic mass is 32.2. The maximum Gasteiger partial charge on any atom is 0.255 e. The Hall–Kier alpha value is -4.04. The first-order chi connectivity index (χ1) is 19.0. The number of carbonyl (C=O) groups is 2. The van der Waals surface area contributed by atoms with Gasteiger partial charge in [0.25, 0.3) is 5.91 Å². The number of halogens is 1. The summed E-state index contributed by atoms with van der Waals surface area (Å²) < 4.78 is 22.2. The molecule has 2 amide bonds. The average molecular weight is 544 g/mol. The Morgan fingerprint density at radius 2 is 1.56 bits per heavy atom. The Morgan fingerprint density at radius 1 is 0.872 bits per heavy atom. The molecule has 0 spiro atoms. The molecule has 8 heteroatoms. The summed E-state index contributed by atoms with van der Waals surface area (Å²) in [5, 5.41) is 0. The second-order valence-corrected chi connectivity index (χ2v) is 10.4. The van der Waals surface area contributed by atoms with Crippen LogP contribution < -0.4 is 4.74 Å². The molecule has 0 N–H and O–H groups in total. The van der Waals surface area contributed by atoms with Gasteiger partial charge >= 0.3 is 0 Å². The van der Waals surface area contributed by atoms with Crippen molar-refractivity contribution in [2.24, 2.45) is 0 Å². The van der Waals surface area contributed by atoms with Gasteiger partial charge in [-0.15, -0.1) is 11.8 Å². The van der Waals surface area contributed by atoms with Crippen molar-refractivity contribution in [3.05, 3.63) is 102 Å². The van der Waals surface area contributed by atoms with Crippen LogP contribution in [0, 0.1) is 12.7 Å². The fourth-order valence-electron chi connectivity index (χ4n) is 4.84. The van der Waals surface area contributed by atoms with Crippen LogP contribution in [0.4, 0.5) is 4.39 Å². The summed E-state index contributed by atoms with van der Waals surface area (Å²) in [6, 6.07) is 25.7. The molecule has 5 rings (SSSR count). The van der Waals surface area contributed by atoms with E-state index in [1.54, 1.807) is 34.8 Å². The largest absolute Gasteiger partial charge is 0.497 e. The second-order valence-electron chi connectivity index (χ2n) is 9.32. The molecule has 0 saturated carbocycles. The fraction of sp³-hybridized carbons (Fsp3) is 0.226. The van der Waals surface area contributed by atoms with Gasteiger partial charge in [-0.1, -0.05) is 42.5 Å². The molecule has 3 aromatic carbocycles. The monoisotopic (exact) mass is 543 g/mol. The van der Waals surface area contributed by atoms with Gasteiger partial charge in [0.2, 0.25) is 5.91 Å². The highest BCUT2D eigenvalue weighted by Crippen LogP contribution is 2.33. The van der Waals surface area contributed by atoms with Crippen LogP contribution in [0.3, 0.4) is 0 Å².